The zero-order valence-electron chi connectivity index (χ0n) is 19.3. The Bertz CT molecular complexity index is 1350. The van der Waals surface area contributed by atoms with Crippen LogP contribution in [0.2, 0.25) is 0 Å². The number of aromatic nitrogens is 3. The van der Waals surface area contributed by atoms with Crippen LogP contribution in [0.15, 0.2) is 42.7 Å². The summed E-state index contributed by atoms with van der Waals surface area (Å²) in [5, 5.41) is 6.62. The Labute approximate surface area is 206 Å². The molecule has 0 saturated carbocycles. The molecule has 0 aliphatic carbocycles. The normalized spacial score (nSPS) is 17.7. The van der Waals surface area contributed by atoms with Gasteiger partial charge in [0.05, 0.1) is 12.1 Å². The quantitative estimate of drug-likeness (QED) is 0.426. The average Bonchev–Trinajstić information content (AvgIpc) is 3.40. The van der Waals surface area contributed by atoms with Gasteiger partial charge in [-0.25, -0.2) is 8.78 Å². The molecule has 5 rings (SSSR count). The van der Waals surface area contributed by atoms with Crippen molar-refractivity contribution < 1.29 is 35.5 Å². The number of fused-ring (bicyclic) bond motifs is 1. The number of rotatable bonds is 6. The summed E-state index contributed by atoms with van der Waals surface area (Å²) in [5.74, 6) is -5.74. The van der Waals surface area contributed by atoms with E-state index in [2.05, 4.69) is 10.2 Å². The number of hydrogen-bond acceptors (Lipinski definition) is 4. The number of benzene rings is 2. The van der Waals surface area contributed by atoms with Gasteiger partial charge in [-0.1, -0.05) is 12.1 Å². The number of alkyl halides is 7. The highest BCUT2D eigenvalue weighted by Gasteiger charge is 2.47. The van der Waals surface area contributed by atoms with Crippen molar-refractivity contribution in [2.75, 3.05) is 18.0 Å². The summed E-state index contributed by atoms with van der Waals surface area (Å²) in [6, 6.07) is 6.95. The van der Waals surface area contributed by atoms with Crippen LogP contribution in [0, 0.1) is 0 Å². The largest absolute Gasteiger partial charge is 0.416 e. The van der Waals surface area contributed by atoms with Crippen molar-refractivity contribution in [1.29, 1.82) is 0 Å². The molecule has 1 amide bonds. The van der Waals surface area contributed by atoms with Crippen molar-refractivity contribution in [1.82, 2.24) is 19.7 Å². The Kier molecular flexibility index (Phi) is 6.00. The molecule has 3 aromatic rings. The number of amides is 1. The number of anilines is 1. The molecule has 1 atom stereocenters. The highest BCUT2D eigenvalue weighted by molar-refractivity contribution is 6.10. The molecule has 2 aliphatic heterocycles. The Balaban J connectivity index is 1.46. The third-order valence-corrected chi connectivity index (χ3v) is 6.53. The van der Waals surface area contributed by atoms with Crippen LogP contribution in [0.1, 0.15) is 44.6 Å². The molecule has 2 aromatic carbocycles. The summed E-state index contributed by atoms with van der Waals surface area (Å²) in [6.07, 6.45) is -7.67. The zero-order chi connectivity index (χ0) is 26.7. The van der Waals surface area contributed by atoms with E-state index in [-0.39, 0.29) is 42.0 Å². The monoisotopic (exact) mass is 527 g/mol. The minimum absolute atomic E-state index is 0.0344. The van der Waals surface area contributed by atoms with Crippen LogP contribution in [0.4, 0.5) is 36.4 Å². The van der Waals surface area contributed by atoms with Crippen LogP contribution < -0.4 is 4.90 Å². The highest BCUT2D eigenvalue weighted by Crippen LogP contribution is 2.44. The van der Waals surface area contributed by atoms with Crippen molar-refractivity contribution in [3.8, 4) is 0 Å². The smallest absolute Gasteiger partial charge is 0.316 e. The van der Waals surface area contributed by atoms with Crippen LogP contribution in [0.25, 0.3) is 0 Å². The SMILES string of the molecule is Cn1cnnc1C(F)(F)C(F)c1cccc(N2Cc3c(cc(CN4CC(F)C4)cc3C(F)(F)F)C2=O)c1. The molecular weight excluding hydrogens is 507 g/mol. The third-order valence-electron chi connectivity index (χ3n) is 6.53. The van der Waals surface area contributed by atoms with Crippen molar-refractivity contribution in [3.05, 3.63) is 76.4 Å². The number of hydrogen-bond donors (Lipinski definition) is 0. The number of likely N-dealkylation sites (tertiary alicyclic amines) is 1. The van der Waals surface area contributed by atoms with Crippen LogP contribution in [-0.4, -0.2) is 44.8 Å². The van der Waals surface area contributed by atoms with Gasteiger partial charge in [0.2, 0.25) is 5.82 Å². The second-order valence-corrected chi connectivity index (χ2v) is 9.20. The van der Waals surface area contributed by atoms with Crippen LogP contribution in [0.5, 0.6) is 0 Å². The molecule has 0 bridgehead atoms. The predicted octanol–water partition coefficient (Wildman–Crippen LogP) is 4.95. The van der Waals surface area contributed by atoms with Crippen LogP contribution in [0.3, 0.4) is 0 Å². The van der Waals surface area contributed by atoms with Crippen molar-refractivity contribution in [3.63, 3.8) is 0 Å². The highest BCUT2D eigenvalue weighted by atomic mass is 19.4. The lowest BCUT2D eigenvalue weighted by Crippen LogP contribution is -2.47. The molecule has 0 spiro atoms. The first kappa shape index (κ1) is 25.2. The van der Waals surface area contributed by atoms with Gasteiger partial charge >= 0.3 is 12.1 Å². The van der Waals surface area contributed by atoms with Crippen LogP contribution >= 0.6 is 0 Å². The fraction of sp³-hybridized carbons (Fsp3) is 0.375. The van der Waals surface area contributed by atoms with E-state index in [1.807, 2.05) is 0 Å². The molecule has 0 N–H and O–H groups in total. The summed E-state index contributed by atoms with van der Waals surface area (Å²) in [7, 11) is 1.23. The molecule has 2 aliphatic rings. The third kappa shape index (κ3) is 4.45. The first-order valence-electron chi connectivity index (χ1n) is 11.2. The Morgan fingerprint density at radius 1 is 1.11 bits per heavy atom. The van der Waals surface area contributed by atoms with Gasteiger partial charge in [-0.05, 0) is 41.0 Å². The van der Waals surface area contributed by atoms with E-state index in [1.165, 1.54) is 25.2 Å². The number of carbonyl (C=O) groups excluding carboxylic acids is 1. The molecule has 1 saturated heterocycles. The number of aryl methyl sites for hydroxylation is 1. The molecule has 37 heavy (non-hydrogen) atoms. The fourth-order valence-corrected chi connectivity index (χ4v) is 4.67. The van der Waals surface area contributed by atoms with E-state index in [0.717, 1.165) is 34.0 Å². The topological polar surface area (TPSA) is 54.3 Å². The lowest BCUT2D eigenvalue weighted by Gasteiger charge is -2.34. The van der Waals surface area contributed by atoms with Gasteiger partial charge in [0.25, 0.3) is 5.91 Å². The number of halogens is 7. The van der Waals surface area contributed by atoms with E-state index in [0.29, 0.717) is 0 Å². The first-order chi connectivity index (χ1) is 17.4. The van der Waals surface area contributed by atoms with E-state index in [1.54, 1.807) is 4.90 Å². The molecule has 0 radical (unpaired) electrons. The van der Waals surface area contributed by atoms with E-state index in [9.17, 15) is 31.1 Å². The zero-order valence-corrected chi connectivity index (χ0v) is 19.3. The molecule has 1 unspecified atom stereocenters. The van der Waals surface area contributed by atoms with Gasteiger partial charge < -0.3 is 9.47 Å². The summed E-state index contributed by atoms with van der Waals surface area (Å²) < 4.78 is 100. The maximum Gasteiger partial charge on any atom is 0.416 e. The maximum atomic E-state index is 15.0. The first-order valence-corrected chi connectivity index (χ1v) is 11.2. The second-order valence-electron chi connectivity index (χ2n) is 9.20. The van der Waals surface area contributed by atoms with Gasteiger partial charge in [-0.3, -0.25) is 9.69 Å². The second kappa shape index (κ2) is 8.82. The number of nitrogens with zero attached hydrogens (tertiary/aromatic N) is 5. The predicted molar refractivity (Wildman–Crippen MR) is 117 cm³/mol. The average molecular weight is 527 g/mol. The Morgan fingerprint density at radius 3 is 2.46 bits per heavy atom. The van der Waals surface area contributed by atoms with Gasteiger partial charge in [-0.15, -0.1) is 10.2 Å². The molecule has 6 nitrogen and oxygen atoms in total. The standard InChI is InChI=1S/C24H20F7N5O/c1-34-12-32-33-22(34)23(27,28)20(26)14-3-2-4-16(7-14)36-11-18-17(21(36)37)5-13(6-19(18)24(29,30)31)8-35-9-15(25)10-35/h2-7,12,15,20H,8-11H2,1H3. The minimum atomic E-state index is -4.77. The molecule has 196 valence electrons. The van der Waals surface area contributed by atoms with Gasteiger partial charge in [0.15, 0.2) is 6.17 Å². The van der Waals surface area contributed by atoms with E-state index >= 15 is 4.39 Å². The molecule has 1 fully saturated rings. The van der Waals surface area contributed by atoms with Crippen molar-refractivity contribution >= 4 is 11.6 Å². The summed E-state index contributed by atoms with van der Waals surface area (Å²) in [4.78, 5) is 15.8. The van der Waals surface area contributed by atoms with E-state index < -0.39 is 53.8 Å². The van der Waals surface area contributed by atoms with Gasteiger partial charge in [0.1, 0.15) is 12.5 Å². The molecule has 1 aromatic heterocycles. The summed E-state index contributed by atoms with van der Waals surface area (Å²) in [5.41, 5.74) is -1.76. The van der Waals surface area contributed by atoms with Crippen molar-refractivity contribution in [2.24, 2.45) is 7.05 Å². The molecule has 3 heterocycles. The van der Waals surface area contributed by atoms with Gasteiger partial charge in [0, 0.05) is 37.9 Å². The summed E-state index contributed by atoms with van der Waals surface area (Å²) >= 11 is 0. The maximum absolute atomic E-state index is 15.0. The fourth-order valence-electron chi connectivity index (χ4n) is 4.67. The molecular formula is C24H20F7N5O. The lowest BCUT2D eigenvalue weighted by molar-refractivity contribution is -0.138. The molecule has 13 heteroatoms. The summed E-state index contributed by atoms with van der Waals surface area (Å²) in [6.45, 7) is -0.247. The van der Waals surface area contributed by atoms with Crippen molar-refractivity contribution in [2.45, 2.75) is 37.5 Å². The Morgan fingerprint density at radius 2 is 1.84 bits per heavy atom. The van der Waals surface area contributed by atoms with Crippen LogP contribution in [-0.2, 0) is 32.2 Å². The number of carbonyl (C=O) groups is 1. The Hall–Kier alpha value is -3.48. The van der Waals surface area contributed by atoms with E-state index in [4.69, 9.17) is 0 Å². The minimum Gasteiger partial charge on any atom is -0.316 e. The van der Waals surface area contributed by atoms with Gasteiger partial charge in [-0.2, -0.15) is 22.0 Å². The lowest BCUT2D eigenvalue weighted by atomic mass is 9.98.